The normalized spacial score (nSPS) is 21.2. The van der Waals surface area contributed by atoms with E-state index < -0.39 is 0 Å². The van der Waals surface area contributed by atoms with E-state index in [0.717, 1.165) is 17.0 Å². The summed E-state index contributed by atoms with van der Waals surface area (Å²) in [5, 5.41) is 0. The molecule has 2 unspecified atom stereocenters. The molecule has 2 atom stereocenters. The van der Waals surface area contributed by atoms with Gasteiger partial charge in [0, 0.05) is 5.69 Å². The second kappa shape index (κ2) is 5.48. The van der Waals surface area contributed by atoms with Gasteiger partial charge in [0.05, 0.1) is 13.2 Å². The van der Waals surface area contributed by atoms with Gasteiger partial charge in [0.25, 0.3) is 0 Å². The summed E-state index contributed by atoms with van der Waals surface area (Å²) in [7, 11) is 1.62. The number of hydrogen-bond donors (Lipinski definition) is 0. The third kappa shape index (κ3) is 2.44. The number of rotatable bonds is 3. The Morgan fingerprint density at radius 3 is 2.33 bits per heavy atom. The van der Waals surface area contributed by atoms with Crippen molar-refractivity contribution in [2.75, 3.05) is 12.0 Å². The van der Waals surface area contributed by atoms with Crippen molar-refractivity contribution in [2.24, 2.45) is 0 Å². The van der Waals surface area contributed by atoms with Crippen LogP contribution in [0, 0.1) is 0 Å². The molecule has 2 aromatic carbocycles. The number of nitrogens with zero attached hydrogens (tertiary/aromatic N) is 1. The van der Waals surface area contributed by atoms with Crippen LogP contribution in [-0.2, 0) is 4.74 Å². The van der Waals surface area contributed by atoms with Gasteiger partial charge in [-0.3, -0.25) is 4.90 Å². The molecule has 2 aromatic rings. The van der Waals surface area contributed by atoms with E-state index in [1.807, 2.05) is 61.5 Å². The largest absolute Gasteiger partial charge is 0.497 e. The minimum atomic E-state index is -0.318. The topological polar surface area (TPSA) is 38.8 Å². The first-order valence-electron chi connectivity index (χ1n) is 6.89. The highest BCUT2D eigenvalue weighted by Crippen LogP contribution is 2.36. The quantitative estimate of drug-likeness (QED) is 0.860. The summed E-state index contributed by atoms with van der Waals surface area (Å²) in [5.41, 5.74) is 1.82. The number of ether oxygens (including phenoxy) is 2. The van der Waals surface area contributed by atoms with Crippen LogP contribution in [-0.4, -0.2) is 19.2 Å². The van der Waals surface area contributed by atoms with E-state index in [0.29, 0.717) is 0 Å². The van der Waals surface area contributed by atoms with E-state index in [2.05, 4.69) is 0 Å². The molecule has 108 valence electrons. The van der Waals surface area contributed by atoms with Gasteiger partial charge in [-0.05, 0) is 36.8 Å². The van der Waals surface area contributed by atoms with Gasteiger partial charge in [-0.25, -0.2) is 4.79 Å². The zero-order chi connectivity index (χ0) is 14.8. The molecule has 1 aliphatic rings. The number of amides is 1. The molecule has 1 heterocycles. The Balaban J connectivity index is 1.88. The Morgan fingerprint density at radius 2 is 1.71 bits per heavy atom. The number of carbonyl (C=O) groups is 1. The molecular formula is C17H17NO3. The fourth-order valence-electron chi connectivity index (χ4n) is 2.64. The summed E-state index contributed by atoms with van der Waals surface area (Å²) in [6.07, 6.45) is -0.567. The molecule has 4 nitrogen and oxygen atoms in total. The van der Waals surface area contributed by atoms with Crippen molar-refractivity contribution in [2.45, 2.75) is 19.1 Å². The van der Waals surface area contributed by atoms with Crippen LogP contribution in [0.2, 0.25) is 0 Å². The minimum Gasteiger partial charge on any atom is -0.497 e. The van der Waals surface area contributed by atoms with Crippen LogP contribution in [0.1, 0.15) is 18.6 Å². The predicted molar refractivity (Wildman–Crippen MR) is 80.6 cm³/mol. The van der Waals surface area contributed by atoms with E-state index in [4.69, 9.17) is 9.47 Å². The fraction of sp³-hybridized carbons (Fsp3) is 0.235. The molecule has 1 fully saturated rings. The van der Waals surface area contributed by atoms with Crippen LogP contribution >= 0.6 is 0 Å². The van der Waals surface area contributed by atoms with Crippen LogP contribution in [0.3, 0.4) is 0 Å². The summed E-state index contributed by atoms with van der Waals surface area (Å²) in [5.74, 6) is 0.763. The Kier molecular flexibility index (Phi) is 3.52. The first-order chi connectivity index (χ1) is 10.2. The first-order valence-corrected chi connectivity index (χ1v) is 6.89. The molecule has 0 spiro atoms. The molecule has 0 radical (unpaired) electrons. The lowest BCUT2D eigenvalue weighted by Gasteiger charge is -2.21. The number of carbonyl (C=O) groups excluding carboxylic acids is 1. The number of benzene rings is 2. The lowest BCUT2D eigenvalue weighted by Crippen LogP contribution is -2.31. The van der Waals surface area contributed by atoms with Crippen LogP contribution in [0.25, 0.3) is 0 Å². The second-order valence-corrected chi connectivity index (χ2v) is 5.02. The monoisotopic (exact) mass is 283 g/mol. The van der Waals surface area contributed by atoms with Crippen LogP contribution in [0.5, 0.6) is 5.75 Å². The van der Waals surface area contributed by atoms with E-state index >= 15 is 0 Å². The van der Waals surface area contributed by atoms with Crippen LogP contribution in [0.4, 0.5) is 10.5 Å². The van der Waals surface area contributed by atoms with E-state index in [9.17, 15) is 4.79 Å². The maximum absolute atomic E-state index is 12.2. The second-order valence-electron chi connectivity index (χ2n) is 5.02. The molecular weight excluding hydrogens is 266 g/mol. The number of methoxy groups -OCH3 is 1. The van der Waals surface area contributed by atoms with Gasteiger partial charge < -0.3 is 9.47 Å². The average molecular weight is 283 g/mol. The molecule has 0 N–H and O–H groups in total. The van der Waals surface area contributed by atoms with Crippen molar-refractivity contribution >= 4 is 11.8 Å². The highest BCUT2D eigenvalue weighted by atomic mass is 16.6. The van der Waals surface area contributed by atoms with Gasteiger partial charge in [0.2, 0.25) is 0 Å². The van der Waals surface area contributed by atoms with Crippen LogP contribution in [0.15, 0.2) is 54.6 Å². The van der Waals surface area contributed by atoms with Gasteiger partial charge in [-0.15, -0.1) is 0 Å². The zero-order valence-corrected chi connectivity index (χ0v) is 12.0. The molecule has 0 aromatic heterocycles. The molecule has 3 rings (SSSR count). The fourth-order valence-corrected chi connectivity index (χ4v) is 2.64. The highest BCUT2D eigenvalue weighted by Gasteiger charge is 2.40. The maximum atomic E-state index is 12.2. The minimum absolute atomic E-state index is 0.0618. The number of anilines is 1. The first kappa shape index (κ1) is 13.5. The van der Waals surface area contributed by atoms with E-state index in [-0.39, 0.29) is 18.2 Å². The maximum Gasteiger partial charge on any atom is 0.415 e. The lowest BCUT2D eigenvalue weighted by molar-refractivity contribution is 0.134. The van der Waals surface area contributed by atoms with Crippen molar-refractivity contribution in [1.82, 2.24) is 0 Å². The number of hydrogen-bond acceptors (Lipinski definition) is 3. The van der Waals surface area contributed by atoms with Gasteiger partial charge in [0.1, 0.15) is 11.9 Å². The SMILES string of the molecule is COc1ccc(N2C(=O)OC(c3ccccc3)C2C)cc1. The molecule has 1 saturated heterocycles. The van der Waals surface area contributed by atoms with Crippen molar-refractivity contribution in [3.8, 4) is 5.75 Å². The Labute approximate surface area is 123 Å². The summed E-state index contributed by atoms with van der Waals surface area (Å²) in [6, 6.07) is 17.2. The third-order valence-corrected chi connectivity index (χ3v) is 3.75. The van der Waals surface area contributed by atoms with Gasteiger partial charge in [-0.2, -0.15) is 0 Å². The van der Waals surface area contributed by atoms with Crippen molar-refractivity contribution in [3.63, 3.8) is 0 Å². The summed E-state index contributed by atoms with van der Waals surface area (Å²) < 4.78 is 10.7. The molecule has 1 aliphatic heterocycles. The Bertz CT molecular complexity index is 624. The van der Waals surface area contributed by atoms with E-state index in [1.54, 1.807) is 12.0 Å². The number of cyclic esters (lactones) is 1. The average Bonchev–Trinajstić information content (AvgIpc) is 2.83. The van der Waals surface area contributed by atoms with Crippen molar-refractivity contribution in [1.29, 1.82) is 0 Å². The van der Waals surface area contributed by atoms with Gasteiger partial charge in [0.15, 0.2) is 0 Å². The van der Waals surface area contributed by atoms with Gasteiger partial charge in [-0.1, -0.05) is 30.3 Å². The van der Waals surface area contributed by atoms with Crippen molar-refractivity contribution < 1.29 is 14.3 Å². The zero-order valence-electron chi connectivity index (χ0n) is 12.0. The Morgan fingerprint density at radius 1 is 1.05 bits per heavy atom. The smallest absolute Gasteiger partial charge is 0.415 e. The molecule has 4 heteroatoms. The predicted octanol–water partition coefficient (Wildman–Crippen LogP) is 3.78. The highest BCUT2D eigenvalue weighted by molar-refractivity contribution is 5.90. The van der Waals surface area contributed by atoms with Crippen molar-refractivity contribution in [3.05, 3.63) is 60.2 Å². The summed E-state index contributed by atoms with van der Waals surface area (Å²) in [4.78, 5) is 13.9. The molecule has 21 heavy (non-hydrogen) atoms. The molecule has 0 aliphatic carbocycles. The summed E-state index contributed by atoms with van der Waals surface area (Å²) >= 11 is 0. The standard InChI is InChI=1S/C17H17NO3/c1-12-16(13-6-4-3-5-7-13)21-17(19)18(12)14-8-10-15(20-2)11-9-14/h3-12,16H,1-2H3. The van der Waals surface area contributed by atoms with Crippen LogP contribution < -0.4 is 9.64 Å². The Hall–Kier alpha value is -2.49. The molecule has 0 saturated carbocycles. The van der Waals surface area contributed by atoms with E-state index in [1.165, 1.54) is 0 Å². The van der Waals surface area contributed by atoms with Gasteiger partial charge >= 0.3 is 6.09 Å². The molecule has 0 bridgehead atoms. The summed E-state index contributed by atoms with van der Waals surface area (Å²) in [6.45, 7) is 1.99. The third-order valence-electron chi connectivity index (χ3n) is 3.75. The molecule has 1 amide bonds. The lowest BCUT2D eigenvalue weighted by atomic mass is 10.0.